The predicted octanol–water partition coefficient (Wildman–Crippen LogP) is 3.97. The van der Waals surface area contributed by atoms with Crippen LogP contribution in [0.1, 0.15) is 36.1 Å². The smallest absolute Gasteiger partial charge is 0.419 e. The van der Waals surface area contributed by atoms with Gasteiger partial charge in [-0.15, -0.1) is 0 Å². The number of fused-ring (bicyclic) bond motifs is 1. The molecule has 0 radical (unpaired) electrons. The van der Waals surface area contributed by atoms with E-state index in [4.69, 9.17) is 0 Å². The first kappa shape index (κ1) is 26.6. The lowest BCUT2D eigenvalue weighted by molar-refractivity contribution is -0.141. The summed E-state index contributed by atoms with van der Waals surface area (Å²) in [7, 11) is -3.89. The van der Waals surface area contributed by atoms with Crippen LogP contribution in [-0.4, -0.2) is 60.4 Å². The summed E-state index contributed by atoms with van der Waals surface area (Å²) in [6.45, 7) is 4.83. The molecular formula is C25H28F4N2O4S. The Kier molecular flexibility index (Phi) is 7.20. The van der Waals surface area contributed by atoms with Gasteiger partial charge in [-0.05, 0) is 68.0 Å². The predicted molar refractivity (Wildman–Crippen MR) is 124 cm³/mol. The summed E-state index contributed by atoms with van der Waals surface area (Å²) in [6.07, 6.45) is -3.95. The molecule has 1 aliphatic heterocycles. The Bertz CT molecular complexity index is 1250. The molecule has 2 aromatic carbocycles. The average molecular weight is 529 g/mol. The standard InChI is InChI=1S/C25H28F4N2O4S/c1-15-13-30(9-8-17-6-7-21(22(26)10-17)25(27,28)29)14-16(2)31(15)36(34,35)23-5-3-4-18-11-19(24(32)33)12-20(18)23/h3-7,10,15-16,19H,8-9,11-14H2,1-2H3,(H,32,33). The molecule has 3 unspecified atom stereocenters. The van der Waals surface area contributed by atoms with Crippen LogP contribution in [0.5, 0.6) is 0 Å². The summed E-state index contributed by atoms with van der Waals surface area (Å²) >= 11 is 0. The fraction of sp³-hybridized carbons (Fsp3) is 0.480. The molecule has 11 heteroatoms. The van der Waals surface area contributed by atoms with E-state index < -0.39 is 51.6 Å². The fourth-order valence-corrected chi connectivity index (χ4v) is 7.54. The van der Waals surface area contributed by atoms with Gasteiger partial charge in [-0.25, -0.2) is 12.8 Å². The first-order valence-corrected chi connectivity index (χ1v) is 13.2. The summed E-state index contributed by atoms with van der Waals surface area (Å²) in [5.74, 6) is -2.89. The molecule has 0 aromatic heterocycles. The van der Waals surface area contributed by atoms with E-state index in [0.29, 0.717) is 43.6 Å². The number of benzene rings is 2. The van der Waals surface area contributed by atoms with Gasteiger partial charge in [-0.2, -0.15) is 17.5 Å². The zero-order valence-corrected chi connectivity index (χ0v) is 20.7. The van der Waals surface area contributed by atoms with Crippen LogP contribution in [-0.2, 0) is 40.3 Å². The highest BCUT2D eigenvalue weighted by atomic mass is 32.2. The monoisotopic (exact) mass is 528 g/mol. The minimum absolute atomic E-state index is 0.149. The maximum Gasteiger partial charge on any atom is 0.419 e. The lowest BCUT2D eigenvalue weighted by Crippen LogP contribution is -2.58. The van der Waals surface area contributed by atoms with Crippen LogP contribution >= 0.6 is 0 Å². The van der Waals surface area contributed by atoms with E-state index in [1.165, 1.54) is 16.4 Å². The van der Waals surface area contributed by atoms with Gasteiger partial charge in [0.2, 0.25) is 10.0 Å². The number of hydrogen-bond donors (Lipinski definition) is 1. The van der Waals surface area contributed by atoms with Crippen molar-refractivity contribution in [1.29, 1.82) is 0 Å². The van der Waals surface area contributed by atoms with Crippen LogP contribution in [0.15, 0.2) is 41.3 Å². The van der Waals surface area contributed by atoms with Gasteiger partial charge in [0, 0.05) is 31.7 Å². The zero-order chi connectivity index (χ0) is 26.4. The van der Waals surface area contributed by atoms with Crippen LogP contribution in [0, 0.1) is 11.7 Å². The Labute approximate surface area is 207 Å². The van der Waals surface area contributed by atoms with Crippen molar-refractivity contribution in [2.75, 3.05) is 19.6 Å². The molecule has 0 saturated carbocycles. The Morgan fingerprint density at radius 2 is 1.75 bits per heavy atom. The molecule has 1 N–H and O–H groups in total. The zero-order valence-electron chi connectivity index (χ0n) is 19.9. The molecule has 0 bridgehead atoms. The Hall–Kier alpha value is -2.50. The van der Waals surface area contributed by atoms with Crippen LogP contribution in [0.3, 0.4) is 0 Å². The van der Waals surface area contributed by atoms with E-state index in [2.05, 4.69) is 0 Å². The molecule has 4 rings (SSSR count). The Morgan fingerprint density at radius 3 is 2.33 bits per heavy atom. The van der Waals surface area contributed by atoms with E-state index in [1.807, 2.05) is 4.90 Å². The molecule has 2 aliphatic rings. The van der Waals surface area contributed by atoms with Gasteiger partial charge in [0.25, 0.3) is 0 Å². The molecule has 2 aromatic rings. The highest BCUT2D eigenvalue weighted by Gasteiger charge is 2.41. The minimum Gasteiger partial charge on any atom is -0.481 e. The highest BCUT2D eigenvalue weighted by molar-refractivity contribution is 7.89. The quantitative estimate of drug-likeness (QED) is 0.575. The number of halogens is 4. The second kappa shape index (κ2) is 9.75. The van der Waals surface area contributed by atoms with Gasteiger partial charge in [0.15, 0.2) is 0 Å². The molecule has 1 heterocycles. The fourth-order valence-electron chi connectivity index (χ4n) is 5.45. The maximum absolute atomic E-state index is 13.9. The van der Waals surface area contributed by atoms with Crippen molar-refractivity contribution >= 4 is 16.0 Å². The first-order chi connectivity index (χ1) is 16.8. The van der Waals surface area contributed by atoms with Gasteiger partial charge in [0.1, 0.15) is 5.82 Å². The third-order valence-electron chi connectivity index (χ3n) is 7.02. The van der Waals surface area contributed by atoms with Crippen LogP contribution < -0.4 is 0 Å². The molecule has 196 valence electrons. The average Bonchev–Trinajstić information content (AvgIpc) is 3.21. The van der Waals surface area contributed by atoms with Crippen molar-refractivity contribution in [1.82, 2.24) is 9.21 Å². The van der Waals surface area contributed by atoms with Crippen molar-refractivity contribution in [3.05, 3.63) is 64.5 Å². The largest absolute Gasteiger partial charge is 0.481 e. The van der Waals surface area contributed by atoms with E-state index >= 15 is 0 Å². The van der Waals surface area contributed by atoms with Crippen molar-refractivity contribution < 1.29 is 35.9 Å². The number of carboxylic acids is 1. The molecule has 36 heavy (non-hydrogen) atoms. The highest BCUT2D eigenvalue weighted by Crippen LogP contribution is 2.35. The molecular weight excluding hydrogens is 500 g/mol. The molecule has 1 aliphatic carbocycles. The number of rotatable bonds is 6. The molecule has 1 saturated heterocycles. The Morgan fingerprint density at radius 1 is 1.08 bits per heavy atom. The third-order valence-corrected chi connectivity index (χ3v) is 9.23. The van der Waals surface area contributed by atoms with E-state index in [1.54, 1.807) is 26.0 Å². The lowest BCUT2D eigenvalue weighted by atomic mass is 10.1. The Balaban J connectivity index is 1.46. The van der Waals surface area contributed by atoms with Gasteiger partial charge < -0.3 is 5.11 Å². The first-order valence-electron chi connectivity index (χ1n) is 11.7. The maximum atomic E-state index is 13.9. The number of alkyl halides is 3. The number of aliphatic carboxylic acids is 1. The summed E-state index contributed by atoms with van der Waals surface area (Å²) in [4.78, 5) is 13.6. The molecule has 1 fully saturated rings. The van der Waals surface area contributed by atoms with Gasteiger partial charge in [0.05, 0.1) is 16.4 Å². The SMILES string of the molecule is CC1CN(CCc2ccc(C(F)(F)F)c(F)c2)CC(C)N1S(=O)(=O)c1cccc2c1CC(C(=O)O)C2. The van der Waals surface area contributed by atoms with E-state index in [9.17, 15) is 35.9 Å². The summed E-state index contributed by atoms with van der Waals surface area (Å²) in [6, 6.07) is 7.07. The van der Waals surface area contributed by atoms with Crippen molar-refractivity contribution in [3.63, 3.8) is 0 Å². The number of carboxylic acid groups (broad SMARTS) is 1. The summed E-state index contributed by atoms with van der Waals surface area (Å²) < 4.78 is 81.2. The molecule has 3 atom stereocenters. The van der Waals surface area contributed by atoms with E-state index in [-0.39, 0.29) is 11.3 Å². The lowest BCUT2D eigenvalue weighted by Gasteiger charge is -2.43. The number of sulfonamides is 1. The topological polar surface area (TPSA) is 77.9 Å². The van der Waals surface area contributed by atoms with Gasteiger partial charge >= 0.3 is 12.1 Å². The van der Waals surface area contributed by atoms with Crippen molar-refractivity contribution in [3.8, 4) is 0 Å². The third kappa shape index (κ3) is 5.14. The van der Waals surface area contributed by atoms with Gasteiger partial charge in [-0.3, -0.25) is 9.69 Å². The number of carbonyl (C=O) groups is 1. The van der Waals surface area contributed by atoms with Crippen LogP contribution in [0.2, 0.25) is 0 Å². The van der Waals surface area contributed by atoms with Crippen LogP contribution in [0.25, 0.3) is 0 Å². The number of hydrogen-bond acceptors (Lipinski definition) is 4. The summed E-state index contributed by atoms with van der Waals surface area (Å²) in [5.41, 5.74) is 0.445. The van der Waals surface area contributed by atoms with E-state index in [0.717, 1.165) is 17.7 Å². The second-order valence-corrected chi connectivity index (χ2v) is 11.5. The van der Waals surface area contributed by atoms with Crippen molar-refractivity contribution in [2.24, 2.45) is 5.92 Å². The minimum atomic E-state index is -4.75. The summed E-state index contributed by atoms with van der Waals surface area (Å²) in [5, 5.41) is 9.40. The van der Waals surface area contributed by atoms with Crippen molar-refractivity contribution in [2.45, 2.75) is 56.3 Å². The van der Waals surface area contributed by atoms with Crippen LogP contribution in [0.4, 0.5) is 17.6 Å². The normalized spacial score (nSPS) is 23.6. The molecule has 0 amide bonds. The van der Waals surface area contributed by atoms with Gasteiger partial charge in [-0.1, -0.05) is 18.2 Å². The molecule has 0 spiro atoms. The molecule has 6 nitrogen and oxygen atoms in total. The second-order valence-electron chi connectivity index (χ2n) is 9.69. The number of nitrogens with zero attached hydrogens (tertiary/aromatic N) is 2. The number of piperazine rings is 1.